The molecule has 0 bridgehead atoms. The summed E-state index contributed by atoms with van der Waals surface area (Å²) in [7, 11) is 3.26. The zero-order valence-corrected chi connectivity index (χ0v) is 11.4. The molecule has 1 atom stereocenters. The number of esters is 1. The highest BCUT2D eigenvalue weighted by Gasteiger charge is 2.14. The van der Waals surface area contributed by atoms with Crippen LogP contribution in [0.3, 0.4) is 0 Å². The fraction of sp³-hybridized carbons (Fsp3) is 0.917. The molecule has 0 amide bonds. The van der Waals surface area contributed by atoms with Gasteiger partial charge in [-0.25, -0.2) is 0 Å². The summed E-state index contributed by atoms with van der Waals surface area (Å²) in [6.45, 7) is 2.50. The Hall–Kier alpha value is -0.690. The zero-order chi connectivity index (χ0) is 13.6. The third-order valence-electron chi connectivity index (χ3n) is 2.28. The van der Waals surface area contributed by atoms with Gasteiger partial charge in [0.25, 0.3) is 0 Å². The molecule has 0 saturated heterocycles. The average molecular weight is 263 g/mol. The van der Waals surface area contributed by atoms with E-state index in [1.165, 1.54) is 0 Å². The van der Waals surface area contributed by atoms with Crippen LogP contribution in [-0.4, -0.2) is 59.3 Å². The van der Waals surface area contributed by atoms with Crippen LogP contribution in [0.4, 0.5) is 0 Å². The lowest BCUT2D eigenvalue weighted by Crippen LogP contribution is -2.33. The molecule has 1 unspecified atom stereocenters. The van der Waals surface area contributed by atoms with Gasteiger partial charge in [-0.1, -0.05) is 0 Å². The van der Waals surface area contributed by atoms with Gasteiger partial charge in [-0.3, -0.25) is 4.79 Å². The summed E-state index contributed by atoms with van der Waals surface area (Å²) in [4.78, 5) is 11.4. The molecule has 0 radical (unpaired) electrons. The van der Waals surface area contributed by atoms with Crippen molar-refractivity contribution in [2.24, 2.45) is 5.73 Å². The third kappa shape index (κ3) is 10.5. The van der Waals surface area contributed by atoms with Gasteiger partial charge in [-0.15, -0.1) is 0 Å². The second kappa shape index (κ2) is 12.8. The van der Waals surface area contributed by atoms with Crippen molar-refractivity contribution in [2.45, 2.75) is 25.3 Å². The molecule has 0 aromatic carbocycles. The molecule has 0 saturated carbocycles. The monoisotopic (exact) mass is 263 g/mol. The molecule has 0 aromatic heterocycles. The maximum atomic E-state index is 11.4. The smallest absolute Gasteiger partial charge is 0.322 e. The summed E-state index contributed by atoms with van der Waals surface area (Å²) in [6.07, 6.45) is 2.16. The molecule has 0 spiro atoms. The Bertz CT molecular complexity index is 201. The molecule has 18 heavy (non-hydrogen) atoms. The van der Waals surface area contributed by atoms with E-state index in [1.807, 2.05) is 0 Å². The van der Waals surface area contributed by atoms with Crippen molar-refractivity contribution in [2.75, 3.05) is 47.3 Å². The van der Waals surface area contributed by atoms with Crippen LogP contribution in [0, 0.1) is 0 Å². The minimum absolute atomic E-state index is 0.240. The van der Waals surface area contributed by atoms with Crippen molar-refractivity contribution < 1.29 is 23.7 Å². The van der Waals surface area contributed by atoms with Crippen LogP contribution in [0.2, 0.25) is 0 Å². The van der Waals surface area contributed by atoms with Gasteiger partial charge >= 0.3 is 5.97 Å². The summed E-state index contributed by atoms with van der Waals surface area (Å²) in [5.41, 5.74) is 5.65. The number of methoxy groups -OCH3 is 2. The Kier molecular flexibility index (Phi) is 12.3. The van der Waals surface area contributed by atoms with Crippen molar-refractivity contribution in [3.8, 4) is 0 Å². The van der Waals surface area contributed by atoms with Crippen LogP contribution in [0.1, 0.15) is 19.3 Å². The molecule has 0 rings (SSSR count). The summed E-state index contributed by atoms with van der Waals surface area (Å²) >= 11 is 0. The molecule has 0 aliphatic heterocycles. The normalized spacial score (nSPS) is 12.4. The summed E-state index contributed by atoms with van der Waals surface area (Å²) in [5.74, 6) is -0.383. The second-order valence-electron chi connectivity index (χ2n) is 3.87. The van der Waals surface area contributed by atoms with Crippen LogP contribution < -0.4 is 5.73 Å². The molecule has 2 N–H and O–H groups in total. The topological polar surface area (TPSA) is 80.0 Å². The Balaban J connectivity index is 3.35. The molecule has 0 aliphatic rings. The van der Waals surface area contributed by atoms with Gasteiger partial charge in [0.05, 0.1) is 6.61 Å². The first-order chi connectivity index (χ1) is 8.72. The SMILES string of the molecule is COCCCOCCOC(=O)C(N)CCCOC. The Morgan fingerprint density at radius 3 is 2.33 bits per heavy atom. The molecule has 6 nitrogen and oxygen atoms in total. The lowest BCUT2D eigenvalue weighted by molar-refractivity contribution is -0.147. The Morgan fingerprint density at radius 2 is 1.67 bits per heavy atom. The van der Waals surface area contributed by atoms with E-state index in [2.05, 4.69) is 0 Å². The van der Waals surface area contributed by atoms with E-state index in [-0.39, 0.29) is 12.6 Å². The van der Waals surface area contributed by atoms with Crippen molar-refractivity contribution in [3.63, 3.8) is 0 Å². The van der Waals surface area contributed by atoms with E-state index in [4.69, 9.17) is 24.7 Å². The first-order valence-electron chi connectivity index (χ1n) is 6.20. The highest BCUT2D eigenvalue weighted by Crippen LogP contribution is 1.97. The maximum Gasteiger partial charge on any atom is 0.322 e. The van der Waals surface area contributed by atoms with E-state index in [0.717, 1.165) is 12.8 Å². The van der Waals surface area contributed by atoms with E-state index >= 15 is 0 Å². The van der Waals surface area contributed by atoms with Crippen LogP contribution >= 0.6 is 0 Å². The Morgan fingerprint density at radius 1 is 1.00 bits per heavy atom. The molecule has 6 heteroatoms. The van der Waals surface area contributed by atoms with Crippen molar-refractivity contribution in [1.82, 2.24) is 0 Å². The van der Waals surface area contributed by atoms with Crippen LogP contribution in [0.25, 0.3) is 0 Å². The standard InChI is InChI=1S/C12H25NO5/c1-15-6-3-5-11(13)12(14)18-10-9-17-8-4-7-16-2/h11H,3-10,13H2,1-2H3. The minimum Gasteiger partial charge on any atom is -0.462 e. The number of hydrogen-bond donors (Lipinski definition) is 1. The molecule has 0 heterocycles. The lowest BCUT2D eigenvalue weighted by Gasteiger charge is -2.11. The largest absolute Gasteiger partial charge is 0.462 e. The predicted molar refractivity (Wildman–Crippen MR) is 67.4 cm³/mol. The second-order valence-corrected chi connectivity index (χ2v) is 3.87. The number of rotatable bonds is 12. The third-order valence-corrected chi connectivity index (χ3v) is 2.28. The van der Waals surface area contributed by atoms with Crippen molar-refractivity contribution in [1.29, 1.82) is 0 Å². The van der Waals surface area contributed by atoms with Gasteiger partial charge in [0.1, 0.15) is 12.6 Å². The van der Waals surface area contributed by atoms with Crippen molar-refractivity contribution >= 4 is 5.97 Å². The van der Waals surface area contributed by atoms with Crippen molar-refractivity contribution in [3.05, 3.63) is 0 Å². The summed E-state index contributed by atoms with van der Waals surface area (Å²) in [6, 6.07) is -0.575. The van der Waals surface area contributed by atoms with Crippen LogP contribution in [-0.2, 0) is 23.7 Å². The number of nitrogens with two attached hydrogens (primary N) is 1. The fourth-order valence-corrected chi connectivity index (χ4v) is 1.28. The van der Waals surface area contributed by atoms with E-state index in [9.17, 15) is 4.79 Å². The minimum atomic E-state index is -0.575. The average Bonchev–Trinajstić information content (AvgIpc) is 2.37. The van der Waals surface area contributed by atoms with Gasteiger partial charge in [-0.05, 0) is 19.3 Å². The molecule has 108 valence electrons. The first-order valence-corrected chi connectivity index (χ1v) is 6.20. The van der Waals surface area contributed by atoms with E-state index < -0.39 is 6.04 Å². The van der Waals surface area contributed by atoms with Gasteiger partial charge in [0.15, 0.2) is 0 Å². The van der Waals surface area contributed by atoms with Crippen LogP contribution in [0.5, 0.6) is 0 Å². The fourth-order valence-electron chi connectivity index (χ4n) is 1.28. The lowest BCUT2D eigenvalue weighted by atomic mass is 10.2. The maximum absolute atomic E-state index is 11.4. The summed E-state index contributed by atoms with van der Waals surface area (Å²) in [5, 5.41) is 0. The summed E-state index contributed by atoms with van der Waals surface area (Å²) < 4.78 is 20.0. The van der Waals surface area contributed by atoms with E-state index in [0.29, 0.717) is 32.8 Å². The Labute approximate surface area is 109 Å². The first kappa shape index (κ1) is 17.3. The van der Waals surface area contributed by atoms with Gasteiger partial charge in [0.2, 0.25) is 0 Å². The van der Waals surface area contributed by atoms with Crippen LogP contribution in [0.15, 0.2) is 0 Å². The molecule has 0 fully saturated rings. The number of carbonyl (C=O) groups is 1. The van der Waals surface area contributed by atoms with Gasteiger partial charge < -0.3 is 24.7 Å². The molecule has 0 aliphatic carbocycles. The number of hydrogen-bond acceptors (Lipinski definition) is 6. The molecular weight excluding hydrogens is 238 g/mol. The zero-order valence-electron chi connectivity index (χ0n) is 11.4. The van der Waals surface area contributed by atoms with Gasteiger partial charge in [-0.2, -0.15) is 0 Å². The quantitative estimate of drug-likeness (QED) is 0.404. The molecular formula is C12H25NO5. The highest BCUT2D eigenvalue weighted by atomic mass is 16.6. The number of ether oxygens (including phenoxy) is 4. The van der Waals surface area contributed by atoms with E-state index in [1.54, 1.807) is 14.2 Å². The molecule has 0 aromatic rings. The predicted octanol–water partition coefficient (Wildman–Crippen LogP) is 0.337. The number of carbonyl (C=O) groups excluding carboxylic acids is 1. The highest BCUT2D eigenvalue weighted by molar-refractivity contribution is 5.75. The van der Waals surface area contributed by atoms with Gasteiger partial charge in [0, 0.05) is 34.0 Å².